The minimum Gasteiger partial charge on any atom is -0.481 e. The van der Waals surface area contributed by atoms with Gasteiger partial charge in [-0.05, 0) is 74.4 Å². The summed E-state index contributed by atoms with van der Waals surface area (Å²) in [5, 5.41) is 11.8. The van der Waals surface area contributed by atoms with Crippen molar-refractivity contribution in [3.63, 3.8) is 0 Å². The van der Waals surface area contributed by atoms with Gasteiger partial charge in [0.25, 0.3) is 6.10 Å². The van der Waals surface area contributed by atoms with Crippen LogP contribution >= 0.6 is 0 Å². The van der Waals surface area contributed by atoms with Crippen LogP contribution in [0.4, 0.5) is 60.5 Å². The average molecular weight is 901 g/mol. The standard InChI is InChI=1S/C20H25F6N3O2.C20H28F3N3O4/c1-14-4-5-15(16(12-14)28-6-2-3-7-28)13-27-8-10-29(11-9-27)18(30)31-17(19(21,22)23)20(24,25)26;1-14-5-6-16(17(12-14)24-7-3-4-18(27)28)13-25-8-10-26(11-9-25)19(29)30-15(2)20(21,22)23/h4-5,12,17H,2-3,6-11,13H2,1H3;5-6,12,15,24H,3-4,7-11,13H2,1-2H3,(H,27,28)/i2*8D2,9D2,10D2,11D2. The van der Waals surface area contributed by atoms with Gasteiger partial charge in [-0.3, -0.25) is 14.6 Å². The lowest BCUT2D eigenvalue weighted by atomic mass is 10.1. The minimum absolute atomic E-state index is 0.124. The Morgan fingerprint density at radius 2 is 1.20 bits per heavy atom. The van der Waals surface area contributed by atoms with Crippen molar-refractivity contribution in [1.82, 2.24) is 19.6 Å². The fraction of sp³-hybridized carbons (Fsp3) is 0.625. The van der Waals surface area contributed by atoms with Crippen LogP contribution in [0, 0.1) is 13.8 Å². The molecular weight excluding hydrogens is 831 g/mol. The Hall–Kier alpha value is -4.66. The number of anilines is 2. The Bertz CT molecular complexity index is 2420. The smallest absolute Gasteiger partial charge is 0.434 e. The first kappa shape index (κ1) is 30.4. The first-order chi connectivity index (χ1) is 34.5. The van der Waals surface area contributed by atoms with Crippen molar-refractivity contribution >= 4 is 29.5 Å². The molecule has 0 aromatic heterocycles. The van der Waals surface area contributed by atoms with Gasteiger partial charge in [0.15, 0.2) is 6.10 Å². The van der Waals surface area contributed by atoms with Gasteiger partial charge in [-0.2, -0.15) is 39.5 Å². The molecule has 3 aliphatic rings. The van der Waals surface area contributed by atoms with Crippen molar-refractivity contribution in [1.29, 1.82) is 0 Å². The van der Waals surface area contributed by atoms with Gasteiger partial charge >= 0.3 is 36.7 Å². The van der Waals surface area contributed by atoms with Crippen LogP contribution in [0.2, 0.25) is 0 Å². The largest absolute Gasteiger partial charge is 0.481 e. The molecule has 0 spiro atoms. The highest BCUT2D eigenvalue weighted by Gasteiger charge is 2.60. The number of carboxylic acid groups (broad SMARTS) is 1. The molecule has 2 N–H and O–H groups in total. The highest BCUT2D eigenvalue weighted by Crippen LogP contribution is 2.36. The molecule has 2 amide bonds. The van der Waals surface area contributed by atoms with E-state index in [1.54, 1.807) is 38.1 Å². The summed E-state index contributed by atoms with van der Waals surface area (Å²) in [6, 6.07) is 9.45. The van der Waals surface area contributed by atoms with Crippen LogP contribution < -0.4 is 10.2 Å². The van der Waals surface area contributed by atoms with Crippen molar-refractivity contribution in [2.75, 3.05) is 81.8 Å². The monoisotopic (exact) mass is 900 g/mol. The molecule has 3 fully saturated rings. The molecule has 61 heavy (non-hydrogen) atoms. The van der Waals surface area contributed by atoms with Crippen molar-refractivity contribution in [2.24, 2.45) is 0 Å². The Kier molecular flexibility index (Phi) is 10.7. The number of amides is 2. The number of hydrogen-bond acceptors (Lipinski definition) is 9. The zero-order valence-electron chi connectivity index (χ0n) is 48.6. The summed E-state index contributed by atoms with van der Waals surface area (Å²) in [4.78, 5) is 36.4. The van der Waals surface area contributed by atoms with Gasteiger partial charge in [-0.15, -0.1) is 0 Å². The third kappa shape index (κ3) is 15.3. The predicted octanol–water partition coefficient (Wildman–Crippen LogP) is 7.82. The molecule has 21 heteroatoms. The lowest BCUT2D eigenvalue weighted by molar-refractivity contribution is -0.308. The Morgan fingerprint density at radius 1 is 0.721 bits per heavy atom. The van der Waals surface area contributed by atoms with Crippen LogP contribution in [0.25, 0.3) is 0 Å². The van der Waals surface area contributed by atoms with E-state index in [4.69, 9.17) is 27.0 Å². The number of hydrogen-bond donors (Lipinski definition) is 2. The molecule has 0 saturated carbocycles. The molecule has 3 aliphatic heterocycles. The number of carbonyl (C=O) groups excluding carboxylic acids is 2. The van der Waals surface area contributed by atoms with Crippen molar-refractivity contribution in [3.8, 4) is 0 Å². The van der Waals surface area contributed by atoms with E-state index in [1.807, 2.05) is 4.90 Å². The van der Waals surface area contributed by atoms with Gasteiger partial charge in [0.2, 0.25) is 0 Å². The van der Waals surface area contributed by atoms with E-state index < -0.39 is 124 Å². The number of halogens is 9. The minimum atomic E-state index is -6.23. The number of nitrogens with zero attached hydrogens (tertiary/aromatic N) is 5. The third-order valence-electron chi connectivity index (χ3n) is 8.60. The summed E-state index contributed by atoms with van der Waals surface area (Å²) >= 11 is 0. The first-order valence-electron chi connectivity index (χ1n) is 26.2. The molecular formula is C40H53F9N6O6. The van der Waals surface area contributed by atoms with Gasteiger partial charge in [0, 0.05) is 113 Å². The molecule has 342 valence electrons. The number of nitrogens with one attached hydrogen (secondary N) is 1. The molecule has 1 atom stereocenters. The molecule has 3 heterocycles. The normalized spacial score (nSPS) is 28.0. The molecule has 1 unspecified atom stereocenters. The number of ether oxygens (including phenoxy) is 2. The lowest BCUT2D eigenvalue weighted by Crippen LogP contribution is -2.52. The fourth-order valence-corrected chi connectivity index (χ4v) is 5.49. The van der Waals surface area contributed by atoms with Crippen molar-refractivity contribution in [3.05, 3.63) is 58.7 Å². The molecule has 12 nitrogen and oxygen atoms in total. The highest BCUT2D eigenvalue weighted by atomic mass is 19.4. The number of alkyl halides is 9. The van der Waals surface area contributed by atoms with E-state index in [1.165, 1.54) is 12.1 Å². The molecule has 0 bridgehead atoms. The summed E-state index contributed by atoms with van der Waals surface area (Å²) < 4.78 is 257. The number of carboxylic acids is 1. The number of benzene rings is 2. The van der Waals surface area contributed by atoms with E-state index >= 15 is 0 Å². The molecule has 2 aromatic carbocycles. The SMILES string of the molecule is [2H]C1([2H])N(Cc2ccc(C)cc2N2CCCC2)C([2H])([2H])C([2H])([2H])N(C(=O)OC(C(F)(F)F)C(F)(F)F)C1([2H])[2H].[2H]C1([2H])N(Cc2ccc(C)cc2NCCCC(=O)O)C([2H])([2H])C([2H])([2H])N(C(=O)OC(C)C(F)(F)F)C1([2H])[2H]. The van der Waals surface area contributed by atoms with Crippen molar-refractivity contribution < 1.29 is 90.4 Å². The highest BCUT2D eigenvalue weighted by molar-refractivity contribution is 5.69. The molecule has 0 radical (unpaired) electrons. The summed E-state index contributed by atoms with van der Waals surface area (Å²) in [6.07, 6.45) is -28.5. The maximum absolute atomic E-state index is 13.0. The van der Waals surface area contributed by atoms with Gasteiger partial charge in [0.05, 0.1) is 11.0 Å². The Labute approximate surface area is 371 Å². The summed E-state index contributed by atoms with van der Waals surface area (Å²) in [7, 11) is 0. The van der Waals surface area contributed by atoms with E-state index in [0.29, 0.717) is 31.4 Å². The number of piperazine rings is 2. The topological polar surface area (TPSA) is 118 Å². The second kappa shape index (κ2) is 21.4. The summed E-state index contributed by atoms with van der Waals surface area (Å²) in [5.74, 6) is -1.02. The molecule has 5 rings (SSSR count). The van der Waals surface area contributed by atoms with Crippen molar-refractivity contribution in [2.45, 2.75) is 90.3 Å². The second-order valence-electron chi connectivity index (χ2n) is 13.6. The second-order valence-corrected chi connectivity index (χ2v) is 13.6. The van der Waals surface area contributed by atoms with E-state index in [-0.39, 0.29) is 40.3 Å². The predicted molar refractivity (Wildman–Crippen MR) is 207 cm³/mol. The van der Waals surface area contributed by atoms with Gasteiger partial charge < -0.3 is 34.6 Å². The van der Waals surface area contributed by atoms with E-state index in [0.717, 1.165) is 24.0 Å². The number of carbonyl (C=O) groups is 3. The summed E-state index contributed by atoms with van der Waals surface area (Å²) in [6.45, 7) is -26.0. The van der Waals surface area contributed by atoms with Crippen LogP contribution in [-0.4, -0.2) is 145 Å². The zero-order chi connectivity index (χ0) is 59.5. The molecule has 0 aliphatic carbocycles. The van der Waals surface area contributed by atoms with Gasteiger partial charge in [0.1, 0.15) is 0 Å². The number of aliphatic carboxylic acids is 1. The number of rotatable bonds is 12. The Morgan fingerprint density at radius 3 is 1.69 bits per heavy atom. The fourth-order valence-electron chi connectivity index (χ4n) is 5.49. The van der Waals surface area contributed by atoms with Gasteiger partial charge in [-0.25, -0.2) is 9.59 Å². The molecule has 3 saturated heterocycles. The maximum atomic E-state index is 13.0. The van der Waals surface area contributed by atoms with E-state index in [2.05, 4.69) is 14.8 Å². The third-order valence-corrected chi connectivity index (χ3v) is 8.60. The van der Waals surface area contributed by atoms with Gasteiger partial charge in [-0.1, -0.05) is 24.3 Å². The lowest BCUT2D eigenvalue weighted by Gasteiger charge is -2.36. The van der Waals surface area contributed by atoms with Crippen LogP contribution in [0.5, 0.6) is 0 Å². The average Bonchev–Trinajstić information content (AvgIpc) is 3.79. The van der Waals surface area contributed by atoms with E-state index in [9.17, 15) is 53.9 Å². The summed E-state index contributed by atoms with van der Waals surface area (Å²) in [5.41, 5.74) is 2.81. The number of aryl methyl sites for hydroxylation is 2. The van der Waals surface area contributed by atoms with Crippen LogP contribution in [0.15, 0.2) is 36.4 Å². The molecule has 2 aromatic rings. The van der Waals surface area contributed by atoms with Crippen LogP contribution in [0.3, 0.4) is 0 Å². The Balaban J connectivity index is 0.000000333. The quantitative estimate of drug-likeness (QED) is 0.161. The van der Waals surface area contributed by atoms with Crippen LogP contribution in [0.1, 0.15) is 76.8 Å². The maximum Gasteiger partial charge on any atom is 0.434 e. The first-order valence-corrected chi connectivity index (χ1v) is 18.2. The van der Waals surface area contributed by atoms with Crippen LogP contribution in [-0.2, 0) is 27.4 Å². The zero-order valence-corrected chi connectivity index (χ0v) is 32.6.